The number of aromatic nitrogens is 2. The lowest BCUT2D eigenvalue weighted by Crippen LogP contribution is -2.17. The first-order chi connectivity index (χ1) is 15.3. The first-order valence-corrected chi connectivity index (χ1v) is 10.6. The fourth-order valence-electron chi connectivity index (χ4n) is 3.39. The van der Waals surface area contributed by atoms with Gasteiger partial charge >= 0.3 is 6.18 Å². The first-order valence-electron chi connectivity index (χ1n) is 9.83. The molecule has 0 saturated heterocycles. The van der Waals surface area contributed by atoms with E-state index in [1.54, 1.807) is 11.3 Å². The Hall–Kier alpha value is -3.46. The van der Waals surface area contributed by atoms with Gasteiger partial charge in [-0.2, -0.15) is 13.2 Å². The second kappa shape index (κ2) is 8.96. The minimum atomic E-state index is -4.41. The van der Waals surface area contributed by atoms with Gasteiger partial charge < -0.3 is 10.6 Å². The molecule has 9 heteroatoms. The van der Waals surface area contributed by atoms with Gasteiger partial charge in [-0.3, -0.25) is 4.79 Å². The third-order valence-corrected chi connectivity index (χ3v) is 5.88. The van der Waals surface area contributed by atoms with Crippen LogP contribution in [-0.2, 0) is 11.0 Å². The van der Waals surface area contributed by atoms with Gasteiger partial charge in [0.25, 0.3) is 0 Å². The number of nitrogens with one attached hydrogen (secondary N) is 2. The Labute approximate surface area is 186 Å². The minimum absolute atomic E-state index is 0.121. The van der Waals surface area contributed by atoms with E-state index in [0.29, 0.717) is 18.1 Å². The number of amides is 1. The van der Waals surface area contributed by atoms with Crippen molar-refractivity contribution in [3.8, 4) is 11.1 Å². The number of anilines is 2. The van der Waals surface area contributed by atoms with Gasteiger partial charge in [-0.25, -0.2) is 9.97 Å². The summed E-state index contributed by atoms with van der Waals surface area (Å²) < 4.78 is 38.0. The Morgan fingerprint density at radius 1 is 1.03 bits per heavy atom. The highest BCUT2D eigenvalue weighted by atomic mass is 32.1. The molecule has 2 aromatic heterocycles. The molecule has 0 fully saturated rings. The van der Waals surface area contributed by atoms with Crippen LogP contribution < -0.4 is 10.6 Å². The Bertz CT molecular complexity index is 1240. The van der Waals surface area contributed by atoms with E-state index in [-0.39, 0.29) is 12.3 Å². The summed E-state index contributed by atoms with van der Waals surface area (Å²) in [6.07, 6.45) is -2.80. The quantitative estimate of drug-likeness (QED) is 0.367. The molecule has 2 aromatic carbocycles. The highest BCUT2D eigenvalue weighted by Crippen LogP contribution is 2.40. The molecule has 0 spiro atoms. The molecule has 1 amide bonds. The number of hydrogen-bond donors (Lipinski definition) is 2. The molecule has 0 aliphatic rings. The van der Waals surface area contributed by atoms with Crippen LogP contribution in [0.5, 0.6) is 0 Å². The molecule has 0 atom stereocenters. The van der Waals surface area contributed by atoms with Crippen LogP contribution in [0.3, 0.4) is 0 Å². The van der Waals surface area contributed by atoms with Crippen LogP contribution in [0.1, 0.15) is 16.9 Å². The normalized spacial score (nSPS) is 11.5. The average Bonchev–Trinajstić information content (AvgIpc) is 3.10. The van der Waals surface area contributed by atoms with Crippen molar-refractivity contribution in [1.82, 2.24) is 9.97 Å². The molecule has 5 nitrogen and oxygen atoms in total. The molecule has 0 unspecified atom stereocenters. The van der Waals surface area contributed by atoms with Crippen LogP contribution in [-0.4, -0.2) is 22.4 Å². The summed E-state index contributed by atoms with van der Waals surface area (Å²) in [4.78, 5) is 23.0. The summed E-state index contributed by atoms with van der Waals surface area (Å²) in [6.45, 7) is 2.34. The predicted octanol–water partition coefficient (Wildman–Crippen LogP) is 6.13. The minimum Gasteiger partial charge on any atom is -0.369 e. The highest BCUT2D eigenvalue weighted by Gasteiger charge is 2.30. The molecule has 0 aliphatic heterocycles. The third kappa shape index (κ3) is 4.72. The van der Waals surface area contributed by atoms with E-state index in [4.69, 9.17) is 0 Å². The lowest BCUT2D eigenvalue weighted by atomic mass is 10.0. The predicted molar refractivity (Wildman–Crippen MR) is 121 cm³/mol. The maximum atomic E-state index is 12.7. The Balaban J connectivity index is 1.44. The number of halogens is 3. The standard InChI is InChI=1S/C23H19F3N4OS/c1-14-19(15-5-3-2-4-6-15)20-21(28-13-29-22(20)32-14)27-12-11-18(31)30-17-9-7-16(8-10-17)23(24,25)26/h2-10,13H,11-12H2,1H3,(H,30,31)(H,27,28,29). The number of benzene rings is 2. The molecule has 0 radical (unpaired) electrons. The summed E-state index contributed by atoms with van der Waals surface area (Å²) in [5, 5.41) is 6.72. The summed E-state index contributed by atoms with van der Waals surface area (Å²) >= 11 is 1.58. The van der Waals surface area contributed by atoms with E-state index in [9.17, 15) is 18.0 Å². The van der Waals surface area contributed by atoms with E-state index in [2.05, 4.69) is 20.6 Å². The van der Waals surface area contributed by atoms with Gasteiger partial charge in [0.15, 0.2) is 0 Å². The van der Waals surface area contributed by atoms with Crippen molar-refractivity contribution in [2.75, 3.05) is 17.2 Å². The smallest absolute Gasteiger partial charge is 0.369 e. The van der Waals surface area contributed by atoms with E-state index in [1.165, 1.54) is 18.5 Å². The fourth-order valence-corrected chi connectivity index (χ4v) is 4.40. The van der Waals surface area contributed by atoms with Crippen molar-refractivity contribution in [2.24, 2.45) is 0 Å². The van der Waals surface area contributed by atoms with Crippen molar-refractivity contribution in [3.05, 3.63) is 71.4 Å². The van der Waals surface area contributed by atoms with Gasteiger partial charge in [0.2, 0.25) is 5.91 Å². The van der Waals surface area contributed by atoms with Crippen LogP contribution in [0.2, 0.25) is 0 Å². The number of aryl methyl sites for hydroxylation is 1. The summed E-state index contributed by atoms with van der Waals surface area (Å²) in [7, 11) is 0. The van der Waals surface area contributed by atoms with Crippen molar-refractivity contribution < 1.29 is 18.0 Å². The van der Waals surface area contributed by atoms with Crippen LogP contribution >= 0.6 is 11.3 Å². The number of fused-ring (bicyclic) bond motifs is 1. The van der Waals surface area contributed by atoms with E-state index in [1.807, 2.05) is 37.3 Å². The maximum Gasteiger partial charge on any atom is 0.416 e. The number of alkyl halides is 3. The number of rotatable bonds is 6. The molecule has 0 bridgehead atoms. The van der Waals surface area contributed by atoms with Crippen molar-refractivity contribution in [3.63, 3.8) is 0 Å². The topological polar surface area (TPSA) is 66.9 Å². The van der Waals surface area contributed by atoms with E-state index in [0.717, 1.165) is 38.4 Å². The zero-order chi connectivity index (χ0) is 22.7. The third-order valence-electron chi connectivity index (χ3n) is 4.87. The van der Waals surface area contributed by atoms with Gasteiger partial charge in [0.1, 0.15) is 17.0 Å². The number of nitrogens with zero attached hydrogens (tertiary/aromatic N) is 2. The van der Waals surface area contributed by atoms with Gasteiger partial charge in [-0.1, -0.05) is 30.3 Å². The Kier molecular flexibility index (Phi) is 6.09. The molecule has 164 valence electrons. The van der Waals surface area contributed by atoms with Gasteiger partial charge in [-0.15, -0.1) is 11.3 Å². The lowest BCUT2D eigenvalue weighted by Gasteiger charge is -2.10. The molecule has 0 saturated carbocycles. The largest absolute Gasteiger partial charge is 0.416 e. The van der Waals surface area contributed by atoms with Gasteiger partial charge in [0, 0.05) is 29.1 Å². The van der Waals surface area contributed by atoms with Gasteiger partial charge in [0.05, 0.1) is 10.9 Å². The van der Waals surface area contributed by atoms with Crippen molar-refractivity contribution in [1.29, 1.82) is 0 Å². The fraction of sp³-hybridized carbons (Fsp3) is 0.174. The SMILES string of the molecule is Cc1sc2ncnc(NCCC(=O)Nc3ccc(C(F)(F)F)cc3)c2c1-c1ccccc1. The van der Waals surface area contributed by atoms with E-state index < -0.39 is 11.7 Å². The number of carbonyl (C=O) groups is 1. The maximum absolute atomic E-state index is 12.7. The van der Waals surface area contributed by atoms with Crippen molar-refractivity contribution >= 4 is 39.0 Å². The molecular formula is C23H19F3N4OS. The van der Waals surface area contributed by atoms with Crippen LogP contribution in [0.25, 0.3) is 21.3 Å². The average molecular weight is 456 g/mol. The lowest BCUT2D eigenvalue weighted by molar-refractivity contribution is -0.137. The molecule has 32 heavy (non-hydrogen) atoms. The molecule has 0 aliphatic carbocycles. The van der Waals surface area contributed by atoms with Crippen LogP contribution in [0, 0.1) is 6.92 Å². The second-order valence-electron chi connectivity index (χ2n) is 7.10. The number of hydrogen-bond acceptors (Lipinski definition) is 5. The molecule has 4 aromatic rings. The zero-order valence-electron chi connectivity index (χ0n) is 17.0. The Morgan fingerprint density at radius 2 is 1.75 bits per heavy atom. The number of carbonyl (C=O) groups excluding carboxylic acids is 1. The molecule has 4 rings (SSSR count). The van der Waals surface area contributed by atoms with E-state index >= 15 is 0 Å². The molecule has 2 heterocycles. The van der Waals surface area contributed by atoms with Crippen LogP contribution in [0.4, 0.5) is 24.7 Å². The summed E-state index contributed by atoms with van der Waals surface area (Å²) in [6, 6.07) is 14.3. The van der Waals surface area contributed by atoms with Crippen molar-refractivity contribution in [2.45, 2.75) is 19.5 Å². The number of thiophene rings is 1. The summed E-state index contributed by atoms with van der Waals surface area (Å²) in [5.41, 5.74) is 1.68. The highest BCUT2D eigenvalue weighted by molar-refractivity contribution is 7.19. The first kappa shape index (κ1) is 21.8. The molecular weight excluding hydrogens is 437 g/mol. The monoisotopic (exact) mass is 456 g/mol. The molecule has 2 N–H and O–H groups in total. The van der Waals surface area contributed by atoms with Gasteiger partial charge in [-0.05, 0) is 36.8 Å². The van der Waals surface area contributed by atoms with Crippen LogP contribution in [0.15, 0.2) is 60.9 Å². The zero-order valence-corrected chi connectivity index (χ0v) is 17.8. The summed E-state index contributed by atoms with van der Waals surface area (Å²) in [5.74, 6) is 0.327. The Morgan fingerprint density at radius 3 is 2.44 bits per heavy atom. The second-order valence-corrected chi connectivity index (χ2v) is 8.30.